The van der Waals surface area contributed by atoms with E-state index in [1.165, 1.54) is 47.4 Å². The fourth-order valence-electron chi connectivity index (χ4n) is 15.7. The van der Waals surface area contributed by atoms with E-state index in [1.54, 1.807) is 0 Å². The molecule has 4 saturated carbocycles. The molecule has 0 heterocycles. The summed E-state index contributed by atoms with van der Waals surface area (Å²) in [6, 6.07) is 24.8. The van der Waals surface area contributed by atoms with E-state index in [9.17, 15) is 19.5 Å². The molecular weight excluding hydrogens is 775 g/mol. The lowest BCUT2D eigenvalue weighted by Crippen LogP contribution is -2.69. The molecule has 3 aromatic rings. The van der Waals surface area contributed by atoms with Gasteiger partial charge in [-0.2, -0.15) is 0 Å². The molecule has 0 saturated heterocycles. The van der Waals surface area contributed by atoms with Gasteiger partial charge < -0.3 is 24.6 Å². The van der Waals surface area contributed by atoms with Gasteiger partial charge in [-0.3, -0.25) is 4.79 Å². The van der Waals surface area contributed by atoms with Crippen molar-refractivity contribution >= 4 is 23.6 Å². The van der Waals surface area contributed by atoms with Gasteiger partial charge in [0.15, 0.2) is 0 Å². The first kappa shape index (κ1) is 42.9. The number of ether oxygens (including phenoxy) is 3. The summed E-state index contributed by atoms with van der Waals surface area (Å²) in [6.45, 7) is 16.0. The van der Waals surface area contributed by atoms with Crippen LogP contribution in [0, 0.1) is 51.2 Å². The smallest absolute Gasteiger partial charge is 0.407 e. The van der Waals surface area contributed by atoms with Gasteiger partial charge >= 0.3 is 18.0 Å². The maximum Gasteiger partial charge on any atom is 0.407 e. The Kier molecular flexibility index (Phi) is 10.4. The van der Waals surface area contributed by atoms with E-state index in [4.69, 9.17) is 14.2 Å². The number of carbonyl (C=O) groups is 3. The lowest BCUT2D eigenvalue weighted by atomic mass is 9.32. The van der Waals surface area contributed by atoms with E-state index in [1.807, 2.05) is 19.1 Å². The van der Waals surface area contributed by atoms with Crippen LogP contribution in [0.3, 0.4) is 0 Å². The van der Waals surface area contributed by atoms with Gasteiger partial charge in [-0.05, 0) is 161 Å². The van der Waals surface area contributed by atoms with Gasteiger partial charge in [-0.1, -0.05) is 101 Å². The molecule has 1 amide bonds. The van der Waals surface area contributed by atoms with Crippen LogP contribution >= 0.6 is 0 Å². The second-order valence-electron chi connectivity index (χ2n) is 21.7. The van der Waals surface area contributed by atoms with E-state index >= 15 is 0 Å². The Morgan fingerprint density at radius 3 is 2.08 bits per heavy atom. The molecule has 0 aromatic heterocycles. The van der Waals surface area contributed by atoms with Gasteiger partial charge in [0.25, 0.3) is 0 Å². The molecule has 0 spiro atoms. The third kappa shape index (κ3) is 6.42. The summed E-state index contributed by atoms with van der Waals surface area (Å²) in [7, 11) is 1.42. The third-order valence-electron chi connectivity index (χ3n) is 18.7. The van der Waals surface area contributed by atoms with Gasteiger partial charge in [0.2, 0.25) is 0 Å². The van der Waals surface area contributed by atoms with Gasteiger partial charge in [0.1, 0.15) is 13.2 Å². The van der Waals surface area contributed by atoms with Crippen molar-refractivity contribution in [3.63, 3.8) is 0 Å². The van der Waals surface area contributed by atoms with Crippen molar-refractivity contribution in [1.82, 2.24) is 5.32 Å². The Balaban J connectivity index is 1.00. The molecule has 3 aromatic carbocycles. The Morgan fingerprint density at radius 1 is 0.774 bits per heavy atom. The lowest BCUT2D eigenvalue weighted by Gasteiger charge is -2.72. The zero-order valence-electron chi connectivity index (χ0n) is 38.1. The van der Waals surface area contributed by atoms with Crippen LogP contribution in [0.4, 0.5) is 4.79 Å². The van der Waals surface area contributed by atoms with Gasteiger partial charge in [-0.25, -0.2) is 9.59 Å². The molecule has 0 radical (unpaired) electrons. The summed E-state index contributed by atoms with van der Waals surface area (Å²) in [5.74, 6) is 0.290. The largest absolute Gasteiger partial charge is 0.465 e. The van der Waals surface area contributed by atoms with Crippen LogP contribution in [0.25, 0.3) is 16.7 Å². The van der Waals surface area contributed by atoms with Crippen LogP contribution < -0.4 is 5.32 Å². The molecule has 6 aliphatic carbocycles. The monoisotopic (exact) mass is 841 g/mol. The van der Waals surface area contributed by atoms with Crippen molar-refractivity contribution in [3.8, 4) is 11.1 Å². The molecule has 10 atom stereocenters. The number of allylic oxidation sites excluding steroid dienone is 2. The van der Waals surface area contributed by atoms with Gasteiger partial charge in [0.05, 0.1) is 18.3 Å². The van der Waals surface area contributed by atoms with Crippen LogP contribution in [0.15, 0.2) is 78.9 Å². The fourth-order valence-corrected chi connectivity index (χ4v) is 15.7. The fraction of sp³-hybridized carbons (Fsp3) is 0.574. The molecule has 62 heavy (non-hydrogen) atoms. The SMILES string of the molecule is COC(=O)c1ccc(C2=CC[C@]3(C)[C@H]4CC[C@@H]5[C@H]6[C@H](C(C)(O)COC(C)=O)CC[C@]6(NC(=O)OCC6c7ccccc7-c7ccccc76)CC[C@@]5(C)[C@]4(C)CC[C@H]3C2(C)C)cc1. The average Bonchev–Trinajstić information content (AvgIpc) is 3.78. The minimum absolute atomic E-state index is 0.0159. The second-order valence-corrected chi connectivity index (χ2v) is 21.7. The topological polar surface area (TPSA) is 111 Å². The van der Waals surface area contributed by atoms with Crippen LogP contribution in [-0.2, 0) is 19.0 Å². The third-order valence-corrected chi connectivity index (χ3v) is 18.7. The molecular formula is C54H67NO7. The van der Waals surface area contributed by atoms with Crippen molar-refractivity contribution in [1.29, 1.82) is 0 Å². The van der Waals surface area contributed by atoms with E-state index in [0.29, 0.717) is 17.4 Å². The number of nitrogens with one attached hydrogen (secondary N) is 1. The number of methoxy groups -OCH3 is 1. The summed E-state index contributed by atoms with van der Waals surface area (Å²) < 4.78 is 16.8. The highest BCUT2D eigenvalue weighted by Crippen LogP contribution is 2.77. The van der Waals surface area contributed by atoms with Crippen molar-refractivity contribution in [2.75, 3.05) is 20.3 Å². The molecule has 0 bridgehead atoms. The number of esters is 2. The molecule has 2 N–H and O–H groups in total. The molecule has 4 fully saturated rings. The zero-order valence-corrected chi connectivity index (χ0v) is 38.1. The quantitative estimate of drug-likeness (QED) is 0.172. The maximum absolute atomic E-state index is 14.3. The number of rotatable bonds is 8. The van der Waals surface area contributed by atoms with Crippen molar-refractivity contribution < 1.29 is 33.7 Å². The van der Waals surface area contributed by atoms with Crippen LogP contribution in [0.5, 0.6) is 0 Å². The van der Waals surface area contributed by atoms with Crippen molar-refractivity contribution in [2.45, 2.75) is 123 Å². The number of alkyl carbamates (subject to hydrolysis) is 1. The minimum Gasteiger partial charge on any atom is -0.465 e. The number of hydrogen-bond acceptors (Lipinski definition) is 7. The molecule has 8 nitrogen and oxygen atoms in total. The van der Waals surface area contributed by atoms with Crippen molar-refractivity contribution in [3.05, 3.63) is 101 Å². The van der Waals surface area contributed by atoms with E-state index in [0.717, 1.165) is 57.8 Å². The Labute approximate surface area is 368 Å². The molecule has 8 heteroatoms. The Bertz CT molecular complexity index is 2250. The number of benzene rings is 3. The average molecular weight is 842 g/mol. The highest BCUT2D eigenvalue weighted by molar-refractivity contribution is 5.90. The van der Waals surface area contributed by atoms with Gasteiger partial charge in [0, 0.05) is 18.4 Å². The Morgan fingerprint density at radius 2 is 1.44 bits per heavy atom. The summed E-state index contributed by atoms with van der Waals surface area (Å²) in [5, 5.41) is 15.9. The minimum atomic E-state index is -1.26. The first-order chi connectivity index (χ1) is 29.4. The maximum atomic E-state index is 14.3. The highest BCUT2D eigenvalue weighted by atomic mass is 16.6. The Hall–Kier alpha value is -4.43. The zero-order chi connectivity index (χ0) is 44.0. The summed E-state index contributed by atoms with van der Waals surface area (Å²) in [4.78, 5) is 38.7. The summed E-state index contributed by atoms with van der Waals surface area (Å²) in [6.07, 6.45) is 10.8. The molecule has 6 aliphatic rings. The first-order valence-corrected chi connectivity index (χ1v) is 23.3. The predicted molar refractivity (Wildman–Crippen MR) is 241 cm³/mol. The first-order valence-electron chi connectivity index (χ1n) is 23.3. The highest BCUT2D eigenvalue weighted by Gasteiger charge is 2.71. The van der Waals surface area contributed by atoms with Crippen LogP contribution in [0.2, 0.25) is 0 Å². The second kappa shape index (κ2) is 15.1. The summed E-state index contributed by atoms with van der Waals surface area (Å²) in [5.41, 5.74) is 6.08. The normalized spacial score (nSPS) is 35.0. The standard InChI is InChI=1S/C54H67NO7/c1-33(56)62-32-53(7,59)43-24-28-54(55-48(58)61-31-40-38-15-11-9-13-36(38)37-14-10-12-16-39(37)40)30-29-51(5)42(46(43)54)21-22-45-50(4)26-23-41(34-17-19-35(20-18-34)47(57)60-8)49(2,3)44(50)25-27-52(45,51)6/h9-20,23,40,42-46,59H,21-22,24-32H2,1-8H3,(H,55,58)/t42-,43-,44+,45-,46+,50+,51-,52-,53?,54+/m1/s1. The van der Waals surface area contributed by atoms with Gasteiger partial charge in [-0.15, -0.1) is 0 Å². The summed E-state index contributed by atoms with van der Waals surface area (Å²) >= 11 is 0. The van der Waals surface area contributed by atoms with E-state index in [2.05, 4.69) is 107 Å². The predicted octanol–water partition coefficient (Wildman–Crippen LogP) is 11.2. The van der Waals surface area contributed by atoms with E-state index in [-0.39, 0.29) is 70.6 Å². The molecule has 330 valence electrons. The number of carbonyl (C=O) groups excluding carboxylic acids is 3. The molecule has 1 unspecified atom stereocenters. The van der Waals surface area contributed by atoms with Crippen LogP contribution in [0.1, 0.15) is 139 Å². The number of aliphatic hydroxyl groups is 1. The van der Waals surface area contributed by atoms with E-state index < -0.39 is 17.1 Å². The van der Waals surface area contributed by atoms with Crippen molar-refractivity contribution in [2.24, 2.45) is 51.2 Å². The van der Waals surface area contributed by atoms with Crippen LogP contribution in [-0.4, -0.2) is 54.6 Å². The molecule has 9 rings (SSSR count). The number of hydrogen-bond donors (Lipinski definition) is 2. The lowest BCUT2D eigenvalue weighted by molar-refractivity contribution is -0.227. The molecule has 0 aliphatic heterocycles. The number of fused-ring (bicyclic) bond motifs is 10. The number of amides is 1.